The van der Waals surface area contributed by atoms with Crippen LogP contribution in [-0.4, -0.2) is 15.0 Å². The minimum absolute atomic E-state index is 0.463. The van der Waals surface area contributed by atoms with Crippen LogP contribution in [-0.2, 0) is 12.8 Å². The molecule has 2 heterocycles. The van der Waals surface area contributed by atoms with Gasteiger partial charge in [-0.15, -0.1) is 0 Å². The lowest BCUT2D eigenvalue weighted by molar-refractivity contribution is 1.11. The summed E-state index contributed by atoms with van der Waals surface area (Å²) in [6.45, 7) is 0. The van der Waals surface area contributed by atoms with E-state index in [1.165, 1.54) is 22.3 Å². The normalized spacial score (nSPS) is 11.3. The zero-order chi connectivity index (χ0) is 18.9. The predicted octanol–water partition coefficient (Wildman–Crippen LogP) is 4.87. The number of nitrogens with two attached hydrogens (primary N) is 1. The number of imidazole rings is 1. The molecule has 0 aliphatic heterocycles. The molecule has 4 heteroatoms. The molecular formula is C24H20N4. The van der Waals surface area contributed by atoms with Crippen LogP contribution in [0.1, 0.15) is 22.3 Å². The monoisotopic (exact) mass is 364 g/mol. The van der Waals surface area contributed by atoms with E-state index in [1.54, 1.807) is 6.33 Å². The van der Waals surface area contributed by atoms with E-state index in [0.717, 1.165) is 34.8 Å². The lowest BCUT2D eigenvalue weighted by atomic mass is 9.91. The number of pyridine rings is 1. The first-order chi connectivity index (χ1) is 13.8. The summed E-state index contributed by atoms with van der Waals surface area (Å²) >= 11 is 0. The highest BCUT2D eigenvalue weighted by molar-refractivity contribution is 6.08. The average Bonchev–Trinajstić information content (AvgIpc) is 3.22. The Morgan fingerprint density at radius 3 is 2.18 bits per heavy atom. The Hall–Kier alpha value is -3.66. The molecule has 0 saturated heterocycles. The van der Waals surface area contributed by atoms with Crippen LogP contribution < -0.4 is 5.73 Å². The Labute approximate surface area is 163 Å². The summed E-state index contributed by atoms with van der Waals surface area (Å²) in [5.74, 6) is 0.463. The van der Waals surface area contributed by atoms with Crippen LogP contribution >= 0.6 is 0 Å². The van der Waals surface area contributed by atoms with E-state index >= 15 is 0 Å². The van der Waals surface area contributed by atoms with Gasteiger partial charge < -0.3 is 10.7 Å². The smallest absolute Gasteiger partial charge is 0.152 e. The fourth-order valence-corrected chi connectivity index (χ4v) is 3.90. The second kappa shape index (κ2) is 6.82. The minimum Gasteiger partial charge on any atom is -0.382 e. The third kappa shape index (κ3) is 2.89. The summed E-state index contributed by atoms with van der Waals surface area (Å²) < 4.78 is 0. The third-order valence-corrected chi connectivity index (χ3v) is 5.22. The number of nitrogen functional groups attached to an aromatic ring is 1. The molecule has 0 atom stereocenters. The molecule has 0 unspecified atom stereocenters. The highest BCUT2D eigenvalue weighted by Gasteiger charge is 2.16. The molecule has 0 bridgehead atoms. The Morgan fingerprint density at radius 2 is 1.46 bits per heavy atom. The number of nitrogens with one attached hydrogen (secondary N) is 1. The first-order valence-corrected chi connectivity index (χ1v) is 9.40. The Morgan fingerprint density at radius 1 is 0.786 bits per heavy atom. The molecule has 2 aromatic heterocycles. The standard InChI is InChI=1S/C24H20N4/c25-24-23-22(26-15-27-23)21-19(14-17-9-5-2-6-10-17)18(11-12-20(21)28-24)13-16-7-3-1-4-8-16/h1-12,15H,13-14H2,(H2,25,28)(H,26,27). The van der Waals surface area contributed by atoms with Gasteiger partial charge in [0, 0.05) is 5.39 Å². The van der Waals surface area contributed by atoms with Gasteiger partial charge in [-0.3, -0.25) is 0 Å². The number of H-pyrrole nitrogens is 1. The molecule has 136 valence electrons. The molecule has 5 rings (SSSR count). The molecule has 0 spiro atoms. The summed E-state index contributed by atoms with van der Waals surface area (Å²) in [4.78, 5) is 12.3. The molecule has 3 N–H and O–H groups in total. The van der Waals surface area contributed by atoms with Crippen LogP contribution in [0.5, 0.6) is 0 Å². The van der Waals surface area contributed by atoms with Gasteiger partial charge in [0.15, 0.2) is 5.82 Å². The van der Waals surface area contributed by atoms with E-state index in [2.05, 4.69) is 81.7 Å². The van der Waals surface area contributed by atoms with Crippen molar-refractivity contribution in [1.29, 1.82) is 0 Å². The molecule has 0 aliphatic carbocycles. The van der Waals surface area contributed by atoms with Crippen molar-refractivity contribution >= 4 is 27.8 Å². The number of rotatable bonds is 4. The van der Waals surface area contributed by atoms with E-state index in [0.29, 0.717) is 5.82 Å². The number of benzene rings is 3. The maximum atomic E-state index is 6.14. The topological polar surface area (TPSA) is 67.6 Å². The molecule has 5 aromatic rings. The average molecular weight is 364 g/mol. The number of hydrogen-bond donors (Lipinski definition) is 2. The van der Waals surface area contributed by atoms with E-state index < -0.39 is 0 Å². The molecule has 28 heavy (non-hydrogen) atoms. The first-order valence-electron chi connectivity index (χ1n) is 9.40. The summed E-state index contributed by atoms with van der Waals surface area (Å²) in [6, 6.07) is 25.4. The van der Waals surface area contributed by atoms with Gasteiger partial charge in [0.2, 0.25) is 0 Å². The summed E-state index contributed by atoms with van der Waals surface area (Å²) in [5.41, 5.74) is 13.9. The number of aromatic amines is 1. The minimum atomic E-state index is 0.463. The van der Waals surface area contributed by atoms with Crippen LogP contribution in [0.15, 0.2) is 79.1 Å². The highest BCUT2D eigenvalue weighted by atomic mass is 14.9. The Bertz CT molecular complexity index is 1260. The number of hydrogen-bond acceptors (Lipinski definition) is 3. The van der Waals surface area contributed by atoms with Gasteiger partial charge in [0.1, 0.15) is 5.52 Å². The van der Waals surface area contributed by atoms with Crippen LogP contribution in [0.2, 0.25) is 0 Å². The Balaban J connectivity index is 1.76. The molecule has 0 saturated carbocycles. The van der Waals surface area contributed by atoms with Crippen molar-refractivity contribution in [3.05, 3.63) is 101 Å². The molecule has 0 fully saturated rings. The van der Waals surface area contributed by atoms with E-state index in [-0.39, 0.29) is 0 Å². The number of fused-ring (bicyclic) bond motifs is 3. The van der Waals surface area contributed by atoms with E-state index in [4.69, 9.17) is 5.73 Å². The van der Waals surface area contributed by atoms with Gasteiger partial charge in [-0.1, -0.05) is 66.7 Å². The van der Waals surface area contributed by atoms with Gasteiger partial charge in [0.25, 0.3) is 0 Å². The van der Waals surface area contributed by atoms with Crippen LogP contribution in [0, 0.1) is 0 Å². The van der Waals surface area contributed by atoms with Crippen molar-refractivity contribution in [1.82, 2.24) is 15.0 Å². The van der Waals surface area contributed by atoms with Crippen LogP contribution in [0.3, 0.4) is 0 Å². The number of anilines is 1. The Kier molecular flexibility index (Phi) is 4.02. The fourth-order valence-electron chi connectivity index (χ4n) is 3.90. The second-order valence-electron chi connectivity index (χ2n) is 7.05. The third-order valence-electron chi connectivity index (χ3n) is 5.22. The highest BCUT2D eigenvalue weighted by Crippen LogP contribution is 2.32. The molecule has 0 aliphatic rings. The van der Waals surface area contributed by atoms with Crippen molar-refractivity contribution < 1.29 is 0 Å². The maximum absolute atomic E-state index is 6.14. The largest absolute Gasteiger partial charge is 0.382 e. The van der Waals surface area contributed by atoms with Crippen LogP contribution in [0.25, 0.3) is 21.9 Å². The van der Waals surface area contributed by atoms with Crippen molar-refractivity contribution in [2.45, 2.75) is 12.8 Å². The lowest BCUT2D eigenvalue weighted by Gasteiger charge is -2.15. The van der Waals surface area contributed by atoms with Gasteiger partial charge in [-0.2, -0.15) is 0 Å². The maximum Gasteiger partial charge on any atom is 0.152 e. The van der Waals surface area contributed by atoms with Gasteiger partial charge in [-0.25, -0.2) is 9.97 Å². The summed E-state index contributed by atoms with van der Waals surface area (Å²) in [6.07, 6.45) is 3.40. The quantitative estimate of drug-likeness (QED) is 0.478. The first kappa shape index (κ1) is 16.5. The molecule has 0 radical (unpaired) electrons. The SMILES string of the molecule is Nc1nc2ccc(Cc3ccccc3)c(Cc3ccccc3)c2c2[nH]cnc12. The zero-order valence-electron chi connectivity index (χ0n) is 15.4. The van der Waals surface area contributed by atoms with Gasteiger partial charge in [-0.05, 0) is 41.2 Å². The number of nitrogens with zero attached hydrogens (tertiary/aromatic N) is 2. The molecule has 0 amide bonds. The summed E-state index contributed by atoms with van der Waals surface area (Å²) in [7, 11) is 0. The molecule has 4 nitrogen and oxygen atoms in total. The fraction of sp³-hybridized carbons (Fsp3) is 0.0833. The van der Waals surface area contributed by atoms with Crippen LogP contribution in [0.4, 0.5) is 5.82 Å². The van der Waals surface area contributed by atoms with Crippen molar-refractivity contribution in [2.24, 2.45) is 0 Å². The second-order valence-corrected chi connectivity index (χ2v) is 7.05. The van der Waals surface area contributed by atoms with Crippen molar-refractivity contribution in [2.75, 3.05) is 5.73 Å². The molecular weight excluding hydrogens is 344 g/mol. The van der Waals surface area contributed by atoms with E-state index in [9.17, 15) is 0 Å². The van der Waals surface area contributed by atoms with Gasteiger partial charge >= 0.3 is 0 Å². The van der Waals surface area contributed by atoms with Crippen molar-refractivity contribution in [3.8, 4) is 0 Å². The van der Waals surface area contributed by atoms with Gasteiger partial charge in [0.05, 0.1) is 17.4 Å². The summed E-state index contributed by atoms with van der Waals surface area (Å²) in [5, 5.41) is 1.11. The molecule has 3 aromatic carbocycles. The zero-order valence-corrected chi connectivity index (χ0v) is 15.4. The van der Waals surface area contributed by atoms with E-state index in [1.807, 2.05) is 6.07 Å². The lowest BCUT2D eigenvalue weighted by Crippen LogP contribution is -2.02. The van der Waals surface area contributed by atoms with Crippen molar-refractivity contribution in [3.63, 3.8) is 0 Å². The predicted molar refractivity (Wildman–Crippen MR) is 114 cm³/mol. The number of aromatic nitrogens is 3.